The third-order valence-corrected chi connectivity index (χ3v) is 6.06. The van der Waals surface area contributed by atoms with Gasteiger partial charge in [-0.2, -0.15) is 5.26 Å². The first kappa shape index (κ1) is 13.3. The van der Waals surface area contributed by atoms with Gasteiger partial charge in [0.25, 0.3) is 0 Å². The molecule has 2 fully saturated rings. The first-order chi connectivity index (χ1) is 8.54. The molecule has 1 N–H and O–H groups in total. The molecule has 18 heavy (non-hydrogen) atoms. The van der Waals surface area contributed by atoms with Crippen LogP contribution in [0.2, 0.25) is 0 Å². The van der Waals surface area contributed by atoms with Crippen LogP contribution in [0.25, 0.3) is 0 Å². The van der Waals surface area contributed by atoms with E-state index in [-0.39, 0.29) is 17.7 Å². The number of sulfone groups is 1. The van der Waals surface area contributed by atoms with Gasteiger partial charge >= 0.3 is 0 Å². The molecular formula is C12H18N2O3S. The molecule has 0 spiro atoms. The van der Waals surface area contributed by atoms with Gasteiger partial charge in [0, 0.05) is 6.04 Å². The second-order valence-electron chi connectivity index (χ2n) is 5.13. The summed E-state index contributed by atoms with van der Waals surface area (Å²) in [5, 5.41) is 10.8. The first-order valence-corrected chi connectivity index (χ1v) is 8.17. The summed E-state index contributed by atoms with van der Waals surface area (Å²) in [6.45, 7) is 0. The van der Waals surface area contributed by atoms with Crippen molar-refractivity contribution in [2.45, 2.75) is 49.8 Å². The number of nitriles is 1. The third-order valence-electron chi connectivity index (χ3n) is 3.88. The van der Waals surface area contributed by atoms with E-state index in [0.717, 1.165) is 25.7 Å². The van der Waals surface area contributed by atoms with Crippen molar-refractivity contribution < 1.29 is 13.2 Å². The Bertz CT molecular complexity index is 466. The van der Waals surface area contributed by atoms with E-state index in [2.05, 4.69) is 11.4 Å². The van der Waals surface area contributed by atoms with Crippen LogP contribution in [-0.2, 0) is 14.6 Å². The molecule has 1 aliphatic carbocycles. The maximum absolute atomic E-state index is 12.0. The lowest BCUT2D eigenvalue weighted by atomic mass is 10.1. The van der Waals surface area contributed by atoms with Crippen LogP contribution in [0, 0.1) is 17.2 Å². The average Bonchev–Trinajstić information content (AvgIpc) is 2.75. The van der Waals surface area contributed by atoms with Crippen molar-refractivity contribution in [3.63, 3.8) is 0 Å². The monoisotopic (exact) mass is 270 g/mol. The molecule has 0 bridgehead atoms. The second kappa shape index (κ2) is 5.27. The van der Waals surface area contributed by atoms with E-state index in [1.165, 1.54) is 0 Å². The standard InChI is InChI=1S/C12H18N2O3S/c13-8-9-4-3-5-10(9)14-12(15)11-6-1-2-7-18(11,16)17/h9-11H,1-7H2,(H,14,15). The molecule has 1 saturated carbocycles. The van der Waals surface area contributed by atoms with E-state index in [4.69, 9.17) is 5.26 Å². The lowest BCUT2D eigenvalue weighted by molar-refractivity contribution is -0.121. The highest BCUT2D eigenvalue weighted by atomic mass is 32.2. The van der Waals surface area contributed by atoms with Gasteiger partial charge in [-0.15, -0.1) is 0 Å². The summed E-state index contributed by atoms with van der Waals surface area (Å²) in [7, 11) is -3.28. The normalized spacial score (nSPS) is 34.7. The highest BCUT2D eigenvalue weighted by Gasteiger charge is 2.37. The summed E-state index contributed by atoms with van der Waals surface area (Å²) in [4.78, 5) is 12.0. The molecule has 3 atom stereocenters. The highest BCUT2D eigenvalue weighted by molar-refractivity contribution is 7.92. The number of rotatable bonds is 2. The molecule has 0 aromatic rings. The lowest BCUT2D eigenvalue weighted by Crippen LogP contribution is -2.47. The van der Waals surface area contributed by atoms with Gasteiger partial charge in [0.05, 0.1) is 17.7 Å². The Labute approximate surface area is 107 Å². The van der Waals surface area contributed by atoms with Crippen LogP contribution in [0.1, 0.15) is 38.5 Å². The zero-order chi connectivity index (χ0) is 13.2. The van der Waals surface area contributed by atoms with Gasteiger partial charge < -0.3 is 5.32 Å². The fourth-order valence-electron chi connectivity index (χ4n) is 2.81. The Morgan fingerprint density at radius 2 is 1.94 bits per heavy atom. The zero-order valence-electron chi connectivity index (χ0n) is 10.3. The second-order valence-corrected chi connectivity index (χ2v) is 7.44. The van der Waals surface area contributed by atoms with Crippen LogP contribution >= 0.6 is 0 Å². The van der Waals surface area contributed by atoms with Crippen molar-refractivity contribution in [2.75, 3.05) is 5.75 Å². The van der Waals surface area contributed by atoms with E-state index < -0.39 is 21.0 Å². The number of carbonyl (C=O) groups excluding carboxylic acids is 1. The van der Waals surface area contributed by atoms with E-state index in [1.54, 1.807) is 0 Å². The van der Waals surface area contributed by atoms with E-state index in [0.29, 0.717) is 12.8 Å². The molecule has 3 unspecified atom stereocenters. The first-order valence-electron chi connectivity index (χ1n) is 6.46. The Kier molecular flexibility index (Phi) is 3.91. The molecule has 1 heterocycles. The number of hydrogen-bond acceptors (Lipinski definition) is 4. The minimum atomic E-state index is -3.28. The Hall–Kier alpha value is -1.09. The molecule has 2 rings (SSSR count). The van der Waals surface area contributed by atoms with Gasteiger partial charge in [-0.1, -0.05) is 6.42 Å². The molecular weight excluding hydrogens is 252 g/mol. The molecule has 100 valence electrons. The quantitative estimate of drug-likeness (QED) is 0.802. The molecule has 0 aromatic heterocycles. The molecule has 1 saturated heterocycles. The maximum Gasteiger partial charge on any atom is 0.238 e. The molecule has 0 radical (unpaired) electrons. The van der Waals surface area contributed by atoms with Crippen molar-refractivity contribution in [1.29, 1.82) is 5.26 Å². The molecule has 1 amide bonds. The summed E-state index contributed by atoms with van der Waals surface area (Å²) in [5.41, 5.74) is 0. The van der Waals surface area contributed by atoms with E-state index >= 15 is 0 Å². The Morgan fingerprint density at radius 3 is 2.61 bits per heavy atom. The highest BCUT2D eigenvalue weighted by Crippen LogP contribution is 2.26. The smallest absolute Gasteiger partial charge is 0.238 e. The topological polar surface area (TPSA) is 87.0 Å². The van der Waals surface area contributed by atoms with Crippen molar-refractivity contribution >= 4 is 15.7 Å². The number of hydrogen-bond donors (Lipinski definition) is 1. The van der Waals surface area contributed by atoms with Gasteiger partial charge in [0.1, 0.15) is 5.25 Å². The Morgan fingerprint density at radius 1 is 1.17 bits per heavy atom. The fraction of sp³-hybridized carbons (Fsp3) is 0.833. The summed E-state index contributed by atoms with van der Waals surface area (Å²) in [6.07, 6.45) is 4.33. The van der Waals surface area contributed by atoms with Gasteiger partial charge in [0.15, 0.2) is 9.84 Å². The third kappa shape index (κ3) is 2.66. The van der Waals surface area contributed by atoms with Crippen molar-refractivity contribution in [3.8, 4) is 6.07 Å². The zero-order valence-corrected chi connectivity index (χ0v) is 11.1. The predicted octanol–water partition coefficient (Wildman–Crippen LogP) is 0.762. The predicted molar refractivity (Wildman–Crippen MR) is 66.3 cm³/mol. The van der Waals surface area contributed by atoms with Crippen LogP contribution in [0.15, 0.2) is 0 Å². The number of nitrogens with zero attached hydrogens (tertiary/aromatic N) is 1. The van der Waals surface area contributed by atoms with Crippen LogP contribution in [-0.4, -0.2) is 31.4 Å². The number of carbonyl (C=O) groups is 1. The number of nitrogens with one attached hydrogen (secondary N) is 1. The lowest BCUT2D eigenvalue weighted by Gasteiger charge is -2.24. The molecule has 5 nitrogen and oxygen atoms in total. The maximum atomic E-state index is 12.0. The van der Waals surface area contributed by atoms with Gasteiger partial charge in [0.2, 0.25) is 5.91 Å². The summed E-state index contributed by atoms with van der Waals surface area (Å²) in [6, 6.07) is 2.01. The summed E-state index contributed by atoms with van der Waals surface area (Å²) >= 11 is 0. The van der Waals surface area contributed by atoms with Gasteiger partial charge in [-0.05, 0) is 32.1 Å². The largest absolute Gasteiger partial charge is 0.351 e. The summed E-state index contributed by atoms with van der Waals surface area (Å²) < 4.78 is 23.6. The number of amides is 1. The van der Waals surface area contributed by atoms with Crippen molar-refractivity contribution in [1.82, 2.24) is 5.32 Å². The molecule has 2 aliphatic rings. The van der Waals surface area contributed by atoms with Crippen LogP contribution in [0.4, 0.5) is 0 Å². The molecule has 6 heteroatoms. The molecule has 1 aliphatic heterocycles. The SMILES string of the molecule is N#CC1CCCC1NC(=O)C1CCCCS1(=O)=O. The average molecular weight is 270 g/mol. The minimum Gasteiger partial charge on any atom is -0.351 e. The van der Waals surface area contributed by atoms with Crippen LogP contribution in [0.3, 0.4) is 0 Å². The van der Waals surface area contributed by atoms with E-state index in [1.807, 2.05) is 0 Å². The minimum absolute atomic E-state index is 0.109. The molecule has 0 aromatic carbocycles. The Balaban J connectivity index is 2.01. The van der Waals surface area contributed by atoms with Crippen molar-refractivity contribution in [3.05, 3.63) is 0 Å². The van der Waals surface area contributed by atoms with E-state index in [9.17, 15) is 13.2 Å². The summed E-state index contributed by atoms with van der Waals surface area (Å²) in [5.74, 6) is -0.459. The van der Waals surface area contributed by atoms with Crippen LogP contribution < -0.4 is 5.32 Å². The van der Waals surface area contributed by atoms with Gasteiger partial charge in [-0.25, -0.2) is 8.42 Å². The van der Waals surface area contributed by atoms with Crippen LogP contribution in [0.5, 0.6) is 0 Å². The van der Waals surface area contributed by atoms with Gasteiger partial charge in [-0.3, -0.25) is 4.79 Å². The fourth-order valence-corrected chi connectivity index (χ4v) is 4.62. The van der Waals surface area contributed by atoms with Crippen molar-refractivity contribution in [2.24, 2.45) is 5.92 Å².